The Kier molecular flexibility index (Phi) is 7.94. The van der Waals surface area contributed by atoms with E-state index in [1.54, 1.807) is 12.1 Å². The predicted octanol–water partition coefficient (Wildman–Crippen LogP) is 6.16. The first-order chi connectivity index (χ1) is 15.3. The summed E-state index contributed by atoms with van der Waals surface area (Å²) < 4.78 is 32.5. The second-order valence-corrected chi connectivity index (χ2v) is 12.9. The molecular formula is C26H28FNO3Si. The van der Waals surface area contributed by atoms with E-state index in [1.165, 1.54) is 12.1 Å². The van der Waals surface area contributed by atoms with Crippen molar-refractivity contribution in [2.45, 2.75) is 44.7 Å². The second kappa shape index (κ2) is 10.7. The summed E-state index contributed by atoms with van der Waals surface area (Å²) in [7, 11) is -2.27. The molecule has 3 aromatic carbocycles. The average Bonchev–Trinajstić information content (AvgIpc) is 2.79. The van der Waals surface area contributed by atoms with Gasteiger partial charge in [-0.1, -0.05) is 72.8 Å². The lowest BCUT2D eigenvalue weighted by atomic mass is 9.94. The third-order valence-corrected chi connectivity index (χ3v) is 5.66. The largest absolute Gasteiger partial charge is 0.393 e. The average molecular weight is 450 g/mol. The first-order valence-electron chi connectivity index (χ1n) is 10.5. The number of hydrogen-bond donors (Lipinski definition) is 0. The predicted molar refractivity (Wildman–Crippen MR) is 124 cm³/mol. The van der Waals surface area contributed by atoms with Crippen LogP contribution in [0, 0.1) is 17.1 Å². The summed E-state index contributed by atoms with van der Waals surface area (Å²) in [5.74, 6) is -0.388. The van der Waals surface area contributed by atoms with E-state index in [9.17, 15) is 9.65 Å². The lowest BCUT2D eigenvalue weighted by molar-refractivity contribution is -0.228. The molecule has 0 aliphatic rings. The minimum atomic E-state index is -2.27. The van der Waals surface area contributed by atoms with E-state index in [2.05, 4.69) is 6.07 Å². The molecule has 0 N–H and O–H groups in total. The molecule has 166 valence electrons. The van der Waals surface area contributed by atoms with Crippen molar-refractivity contribution < 1.29 is 18.3 Å². The van der Waals surface area contributed by atoms with Gasteiger partial charge in [-0.2, -0.15) is 5.26 Å². The van der Waals surface area contributed by atoms with Crippen LogP contribution < -0.4 is 0 Å². The number of nitriles is 1. The molecule has 4 nitrogen and oxygen atoms in total. The molecule has 0 aliphatic heterocycles. The SMILES string of the molecule is C[Si](C)(C)OC(C#N)(c1ccc(F)cc1)C(OCc1ccccc1)OCc1ccccc1. The van der Waals surface area contributed by atoms with Gasteiger partial charge in [0, 0.05) is 5.56 Å². The molecule has 1 unspecified atom stereocenters. The molecule has 0 amide bonds. The highest BCUT2D eigenvalue weighted by Gasteiger charge is 2.47. The van der Waals surface area contributed by atoms with Gasteiger partial charge in [-0.3, -0.25) is 0 Å². The standard InChI is InChI=1S/C26H28FNO3Si/c1-32(2,3)31-26(20-28,23-14-16-24(27)17-15-23)25(29-18-21-10-6-4-7-11-21)30-19-22-12-8-5-9-13-22/h4-17,25H,18-19H2,1-3H3. The molecule has 0 aliphatic carbocycles. The molecule has 6 heteroatoms. The highest BCUT2D eigenvalue weighted by Crippen LogP contribution is 2.36. The van der Waals surface area contributed by atoms with E-state index in [1.807, 2.05) is 80.3 Å². The maximum atomic E-state index is 13.7. The first kappa shape index (κ1) is 23.8. The van der Waals surface area contributed by atoms with Crippen LogP contribution in [0.4, 0.5) is 4.39 Å². The van der Waals surface area contributed by atoms with Crippen LogP contribution in [0.5, 0.6) is 0 Å². The maximum Gasteiger partial charge on any atom is 0.221 e. The van der Waals surface area contributed by atoms with Crippen molar-refractivity contribution in [1.29, 1.82) is 5.26 Å². The van der Waals surface area contributed by atoms with Gasteiger partial charge in [0.1, 0.15) is 11.9 Å². The fourth-order valence-corrected chi connectivity index (χ4v) is 4.56. The number of rotatable bonds is 10. The molecule has 0 saturated heterocycles. The number of hydrogen-bond acceptors (Lipinski definition) is 4. The molecule has 3 aromatic rings. The topological polar surface area (TPSA) is 51.5 Å². The summed E-state index contributed by atoms with van der Waals surface area (Å²) in [4.78, 5) is 0. The normalized spacial score (nSPS) is 13.5. The lowest BCUT2D eigenvalue weighted by Crippen LogP contribution is -2.50. The zero-order valence-corrected chi connectivity index (χ0v) is 19.6. The highest BCUT2D eigenvalue weighted by atomic mass is 28.4. The van der Waals surface area contributed by atoms with Crippen molar-refractivity contribution in [3.63, 3.8) is 0 Å². The van der Waals surface area contributed by atoms with E-state index < -0.39 is 20.2 Å². The summed E-state index contributed by atoms with van der Waals surface area (Å²) in [5, 5.41) is 10.4. The Balaban J connectivity index is 1.99. The van der Waals surface area contributed by atoms with Gasteiger partial charge >= 0.3 is 0 Å². The van der Waals surface area contributed by atoms with Crippen molar-refractivity contribution in [3.8, 4) is 6.07 Å². The molecule has 0 bridgehead atoms. The van der Waals surface area contributed by atoms with Crippen LogP contribution in [0.2, 0.25) is 19.6 Å². The number of ether oxygens (including phenoxy) is 2. The summed E-state index contributed by atoms with van der Waals surface area (Å²) in [6.07, 6.45) is -1.04. The van der Waals surface area contributed by atoms with Crippen LogP contribution >= 0.6 is 0 Å². The van der Waals surface area contributed by atoms with Crippen molar-refractivity contribution in [2.75, 3.05) is 0 Å². The van der Waals surface area contributed by atoms with Gasteiger partial charge in [0.15, 0.2) is 8.32 Å². The quantitative estimate of drug-likeness (QED) is 0.275. The van der Waals surface area contributed by atoms with Crippen LogP contribution in [0.25, 0.3) is 0 Å². The van der Waals surface area contributed by atoms with Crippen molar-refractivity contribution >= 4 is 8.32 Å². The van der Waals surface area contributed by atoms with E-state index in [0.717, 1.165) is 11.1 Å². The fourth-order valence-electron chi connectivity index (χ4n) is 3.34. The second-order valence-electron chi connectivity index (χ2n) is 8.49. The fraction of sp³-hybridized carbons (Fsp3) is 0.269. The van der Waals surface area contributed by atoms with Gasteiger partial charge in [-0.25, -0.2) is 4.39 Å². The third-order valence-electron chi connectivity index (χ3n) is 4.73. The Bertz CT molecular complexity index is 973. The lowest BCUT2D eigenvalue weighted by Gasteiger charge is -2.39. The highest BCUT2D eigenvalue weighted by molar-refractivity contribution is 6.69. The first-order valence-corrected chi connectivity index (χ1v) is 13.9. The summed E-state index contributed by atoms with van der Waals surface area (Å²) in [6, 6.07) is 27.4. The minimum Gasteiger partial charge on any atom is -0.393 e. The van der Waals surface area contributed by atoms with Crippen LogP contribution in [0.15, 0.2) is 84.9 Å². The van der Waals surface area contributed by atoms with E-state index in [0.29, 0.717) is 5.56 Å². The van der Waals surface area contributed by atoms with Gasteiger partial charge in [-0.15, -0.1) is 0 Å². The Morgan fingerprint density at radius 1 is 0.812 bits per heavy atom. The van der Waals surface area contributed by atoms with Crippen molar-refractivity contribution in [2.24, 2.45) is 0 Å². The summed E-state index contributed by atoms with van der Waals surface area (Å²) in [6.45, 7) is 6.45. The van der Waals surface area contributed by atoms with E-state index in [4.69, 9.17) is 13.9 Å². The smallest absolute Gasteiger partial charge is 0.221 e. The minimum absolute atomic E-state index is 0.236. The Labute approximate surface area is 190 Å². The number of benzene rings is 3. The van der Waals surface area contributed by atoms with Gasteiger partial charge < -0.3 is 13.9 Å². The van der Waals surface area contributed by atoms with Gasteiger partial charge in [0.25, 0.3) is 0 Å². The Morgan fingerprint density at radius 2 is 1.28 bits per heavy atom. The summed E-state index contributed by atoms with van der Waals surface area (Å²) in [5.41, 5.74) is 0.830. The van der Waals surface area contributed by atoms with E-state index >= 15 is 0 Å². The van der Waals surface area contributed by atoms with Gasteiger partial charge in [0.05, 0.1) is 13.2 Å². The van der Waals surface area contributed by atoms with Gasteiger partial charge in [0.2, 0.25) is 11.9 Å². The zero-order chi connectivity index (χ0) is 23.0. The number of halogens is 1. The molecular weight excluding hydrogens is 421 g/mol. The molecule has 1 atom stereocenters. The molecule has 0 fully saturated rings. The molecule has 0 spiro atoms. The summed E-state index contributed by atoms with van der Waals surface area (Å²) >= 11 is 0. The van der Waals surface area contributed by atoms with Gasteiger partial charge in [-0.05, 0) is 42.9 Å². The van der Waals surface area contributed by atoms with E-state index in [-0.39, 0.29) is 19.0 Å². The number of nitrogens with zero attached hydrogens (tertiary/aromatic N) is 1. The monoisotopic (exact) mass is 449 g/mol. The molecule has 0 radical (unpaired) electrons. The molecule has 0 saturated carbocycles. The maximum absolute atomic E-state index is 13.7. The van der Waals surface area contributed by atoms with Crippen LogP contribution in [-0.2, 0) is 32.7 Å². The van der Waals surface area contributed by atoms with Crippen LogP contribution in [-0.4, -0.2) is 14.6 Å². The molecule has 32 heavy (non-hydrogen) atoms. The molecule has 0 aromatic heterocycles. The molecule has 0 heterocycles. The van der Waals surface area contributed by atoms with Crippen molar-refractivity contribution in [3.05, 3.63) is 107 Å². The Morgan fingerprint density at radius 3 is 1.69 bits per heavy atom. The van der Waals surface area contributed by atoms with Crippen molar-refractivity contribution in [1.82, 2.24) is 0 Å². The zero-order valence-electron chi connectivity index (χ0n) is 18.6. The molecule has 3 rings (SSSR count). The van der Waals surface area contributed by atoms with Crippen LogP contribution in [0.3, 0.4) is 0 Å². The Hall–Kier alpha value is -2.82. The third kappa shape index (κ3) is 6.34. The van der Waals surface area contributed by atoms with Crippen LogP contribution in [0.1, 0.15) is 16.7 Å².